The highest BCUT2D eigenvalue weighted by Crippen LogP contribution is 2.41. The van der Waals surface area contributed by atoms with Crippen molar-refractivity contribution in [3.05, 3.63) is 0 Å². The van der Waals surface area contributed by atoms with Gasteiger partial charge in [-0.15, -0.1) is 0 Å². The first-order valence-corrected chi connectivity index (χ1v) is 5.24. The molecule has 2 fully saturated rings. The molecule has 5 nitrogen and oxygen atoms in total. The van der Waals surface area contributed by atoms with Crippen LogP contribution in [0.2, 0.25) is 0 Å². The summed E-state index contributed by atoms with van der Waals surface area (Å²) in [4.78, 5) is 12.9. The Morgan fingerprint density at radius 1 is 1.53 bits per heavy atom. The summed E-state index contributed by atoms with van der Waals surface area (Å²) >= 11 is 0. The van der Waals surface area contributed by atoms with Crippen molar-refractivity contribution >= 4 is 5.97 Å². The van der Waals surface area contributed by atoms with Crippen molar-refractivity contribution in [1.29, 1.82) is 0 Å². The highest BCUT2D eigenvalue weighted by atomic mass is 16.7. The standard InChI is InChI=1S/C10H17NO4/c1-6(12)15-10(14)5-7-3-8(13)4-9(10)11(7)2/h7-9,13-14H,3-5H2,1-2H3/t7-,8-,9+,10-/m0/s1. The number of aliphatic hydroxyl groups is 2. The number of ether oxygens (including phenoxy) is 1. The van der Waals surface area contributed by atoms with Crippen LogP contribution in [-0.2, 0) is 9.53 Å². The number of carbonyl (C=O) groups excluding carboxylic acids is 1. The Balaban J connectivity index is 2.19. The molecule has 2 rings (SSSR count). The average Bonchev–Trinajstić information content (AvgIpc) is 2.26. The van der Waals surface area contributed by atoms with E-state index in [2.05, 4.69) is 0 Å². The molecule has 0 spiro atoms. The third kappa shape index (κ3) is 1.75. The van der Waals surface area contributed by atoms with Crippen molar-refractivity contribution in [2.75, 3.05) is 7.05 Å². The zero-order chi connectivity index (χ0) is 11.2. The molecule has 2 aliphatic heterocycles. The fourth-order valence-electron chi connectivity index (χ4n) is 2.82. The molecule has 2 N–H and O–H groups in total. The van der Waals surface area contributed by atoms with E-state index in [1.54, 1.807) is 0 Å². The van der Waals surface area contributed by atoms with E-state index in [1.165, 1.54) is 6.92 Å². The molecular weight excluding hydrogens is 198 g/mol. The molecule has 0 unspecified atom stereocenters. The van der Waals surface area contributed by atoms with E-state index in [-0.39, 0.29) is 12.1 Å². The SMILES string of the molecule is CC(=O)O[C@@]1(O)C[C@@H]2C[C@H](O)C[C@H]1N2C. The normalized spacial score (nSPS) is 45.5. The van der Waals surface area contributed by atoms with Crippen molar-refractivity contribution in [3.63, 3.8) is 0 Å². The second kappa shape index (κ2) is 3.43. The summed E-state index contributed by atoms with van der Waals surface area (Å²) in [6, 6.07) is -0.182. The zero-order valence-electron chi connectivity index (χ0n) is 9.01. The Bertz CT molecular complexity index is 283. The van der Waals surface area contributed by atoms with E-state index in [9.17, 15) is 15.0 Å². The predicted octanol–water partition coefficient (Wildman–Crippen LogP) is -0.535. The summed E-state index contributed by atoms with van der Waals surface area (Å²) in [7, 11) is 1.89. The second-order valence-corrected chi connectivity index (χ2v) is 4.60. The molecule has 0 aromatic heterocycles. The van der Waals surface area contributed by atoms with E-state index in [4.69, 9.17) is 4.74 Å². The lowest BCUT2D eigenvalue weighted by Crippen LogP contribution is -2.50. The number of nitrogens with zero attached hydrogens (tertiary/aromatic N) is 1. The van der Waals surface area contributed by atoms with Gasteiger partial charge < -0.3 is 14.9 Å². The van der Waals surface area contributed by atoms with E-state index in [0.717, 1.165) is 0 Å². The smallest absolute Gasteiger partial charge is 0.305 e. The first kappa shape index (κ1) is 10.9. The highest BCUT2D eigenvalue weighted by Gasteiger charge is 2.55. The summed E-state index contributed by atoms with van der Waals surface area (Å²) in [5.74, 6) is -1.89. The van der Waals surface area contributed by atoms with Crippen LogP contribution in [0.3, 0.4) is 0 Å². The maximum Gasteiger partial charge on any atom is 0.305 e. The number of likely N-dealkylation sites (N-methyl/N-ethyl adjacent to an activating group) is 1. The number of rotatable bonds is 1. The minimum absolute atomic E-state index is 0.100. The summed E-state index contributed by atoms with van der Waals surface area (Å²) in [5.41, 5.74) is 0. The molecule has 0 saturated carbocycles. The van der Waals surface area contributed by atoms with Gasteiger partial charge in [0.15, 0.2) is 0 Å². The van der Waals surface area contributed by atoms with Gasteiger partial charge in [-0.1, -0.05) is 0 Å². The minimum Gasteiger partial charge on any atom is -0.432 e. The average molecular weight is 215 g/mol. The van der Waals surface area contributed by atoms with Crippen LogP contribution in [0.5, 0.6) is 0 Å². The first-order chi connectivity index (χ1) is 6.92. The van der Waals surface area contributed by atoms with Crippen molar-refractivity contribution in [1.82, 2.24) is 4.90 Å². The van der Waals surface area contributed by atoms with Crippen LogP contribution < -0.4 is 0 Å². The molecule has 2 heterocycles. The van der Waals surface area contributed by atoms with Gasteiger partial charge in [0, 0.05) is 19.4 Å². The Hall–Kier alpha value is -0.650. The number of carbonyl (C=O) groups is 1. The van der Waals surface area contributed by atoms with Crippen LogP contribution in [0.4, 0.5) is 0 Å². The van der Waals surface area contributed by atoms with Crippen LogP contribution in [0.25, 0.3) is 0 Å². The number of esters is 1. The van der Waals surface area contributed by atoms with Crippen molar-refractivity contribution in [3.8, 4) is 0 Å². The first-order valence-electron chi connectivity index (χ1n) is 5.24. The van der Waals surface area contributed by atoms with Gasteiger partial charge in [0.1, 0.15) is 0 Å². The van der Waals surface area contributed by atoms with Crippen LogP contribution in [-0.4, -0.2) is 52.1 Å². The van der Waals surface area contributed by atoms with E-state index < -0.39 is 17.9 Å². The summed E-state index contributed by atoms with van der Waals surface area (Å²) in [6.07, 6.45) is 1.08. The molecule has 0 aliphatic carbocycles. The number of fused-ring (bicyclic) bond motifs is 2. The van der Waals surface area contributed by atoms with E-state index in [1.807, 2.05) is 11.9 Å². The lowest BCUT2D eigenvalue weighted by atomic mass is 10.00. The molecule has 86 valence electrons. The number of piperidine rings is 1. The maximum atomic E-state index is 10.9. The van der Waals surface area contributed by atoms with Gasteiger partial charge in [-0.2, -0.15) is 0 Å². The molecule has 15 heavy (non-hydrogen) atoms. The van der Waals surface area contributed by atoms with Crippen molar-refractivity contribution in [2.24, 2.45) is 0 Å². The van der Waals surface area contributed by atoms with Crippen LogP contribution in [0.1, 0.15) is 26.2 Å². The third-order valence-corrected chi connectivity index (χ3v) is 3.48. The maximum absolute atomic E-state index is 10.9. The monoisotopic (exact) mass is 215 g/mol. The minimum atomic E-state index is -1.41. The molecule has 2 bridgehead atoms. The number of hydrogen-bond acceptors (Lipinski definition) is 5. The van der Waals surface area contributed by atoms with E-state index >= 15 is 0 Å². The van der Waals surface area contributed by atoms with Gasteiger partial charge in [-0.05, 0) is 19.9 Å². The quantitative estimate of drug-likeness (QED) is 0.454. The Labute approximate surface area is 88.6 Å². The number of aliphatic hydroxyl groups excluding tert-OH is 1. The topological polar surface area (TPSA) is 70.0 Å². The summed E-state index contributed by atoms with van der Waals surface area (Å²) in [6.45, 7) is 1.29. The van der Waals surface area contributed by atoms with Gasteiger partial charge >= 0.3 is 5.97 Å². The molecule has 0 aromatic rings. The molecule has 0 aromatic carbocycles. The van der Waals surface area contributed by atoms with Crippen molar-refractivity contribution < 1.29 is 19.7 Å². The van der Waals surface area contributed by atoms with Crippen LogP contribution in [0, 0.1) is 0 Å². The fraction of sp³-hybridized carbons (Fsp3) is 0.900. The molecule has 2 saturated heterocycles. The highest BCUT2D eigenvalue weighted by molar-refractivity contribution is 5.66. The van der Waals surface area contributed by atoms with E-state index in [0.29, 0.717) is 19.3 Å². The van der Waals surface area contributed by atoms with Crippen molar-refractivity contribution in [2.45, 2.75) is 50.2 Å². The molecule has 0 amide bonds. The molecule has 0 radical (unpaired) electrons. The van der Waals surface area contributed by atoms with Gasteiger partial charge in [-0.25, -0.2) is 0 Å². The summed E-state index contributed by atoms with van der Waals surface area (Å²) in [5, 5.41) is 19.8. The van der Waals surface area contributed by atoms with Gasteiger partial charge in [0.2, 0.25) is 5.79 Å². The molecule has 4 atom stereocenters. The lowest BCUT2D eigenvalue weighted by Gasteiger charge is -2.36. The van der Waals surface area contributed by atoms with Gasteiger partial charge in [0.25, 0.3) is 0 Å². The van der Waals surface area contributed by atoms with Crippen LogP contribution in [0.15, 0.2) is 0 Å². The third-order valence-electron chi connectivity index (χ3n) is 3.48. The molecule has 5 heteroatoms. The Morgan fingerprint density at radius 2 is 2.20 bits per heavy atom. The number of hydrogen-bond donors (Lipinski definition) is 2. The predicted molar refractivity (Wildman–Crippen MR) is 51.9 cm³/mol. The Kier molecular flexibility index (Phi) is 2.48. The second-order valence-electron chi connectivity index (χ2n) is 4.60. The summed E-state index contributed by atoms with van der Waals surface area (Å²) < 4.78 is 5.00. The fourth-order valence-corrected chi connectivity index (χ4v) is 2.82. The Morgan fingerprint density at radius 3 is 2.80 bits per heavy atom. The van der Waals surface area contributed by atoms with Gasteiger partial charge in [-0.3, -0.25) is 9.69 Å². The molecular formula is C10H17NO4. The zero-order valence-corrected chi connectivity index (χ0v) is 9.01. The lowest BCUT2D eigenvalue weighted by molar-refractivity contribution is -0.217. The largest absolute Gasteiger partial charge is 0.432 e. The van der Waals surface area contributed by atoms with Gasteiger partial charge in [0.05, 0.1) is 12.1 Å². The molecule has 2 aliphatic rings. The van der Waals surface area contributed by atoms with Crippen LogP contribution >= 0.6 is 0 Å².